The molecule has 15 heavy (non-hydrogen) atoms. The Morgan fingerprint density at radius 1 is 1.67 bits per heavy atom. The Balaban J connectivity index is 2.44. The average molecular weight is 215 g/mol. The molecular weight excluding hydrogens is 196 g/mol. The van der Waals surface area contributed by atoms with E-state index in [-0.39, 0.29) is 0 Å². The molecule has 0 saturated carbocycles. The number of nitrogens with zero attached hydrogens (tertiary/aromatic N) is 1. The molecule has 1 unspecified atom stereocenters. The maximum atomic E-state index is 11.9. The summed E-state index contributed by atoms with van der Waals surface area (Å²) < 4.78 is 17.0. The van der Waals surface area contributed by atoms with Crippen LogP contribution in [-0.4, -0.2) is 39.3 Å². The third kappa shape index (κ3) is 3.93. The van der Waals surface area contributed by atoms with Crippen molar-refractivity contribution in [1.82, 2.24) is 4.90 Å². The monoisotopic (exact) mass is 215 g/mol. The topological polar surface area (TPSA) is 21.7 Å². The van der Waals surface area contributed by atoms with Crippen molar-refractivity contribution in [3.63, 3.8) is 0 Å². The molecule has 3 nitrogen and oxygen atoms in total. The Morgan fingerprint density at radius 2 is 2.40 bits per heavy atom. The highest BCUT2D eigenvalue weighted by molar-refractivity contribution is 6.51. The van der Waals surface area contributed by atoms with Crippen LogP contribution in [0.3, 0.4) is 0 Å². The molecule has 1 aliphatic rings. The van der Waals surface area contributed by atoms with Crippen molar-refractivity contribution < 1.29 is 14.0 Å². The smallest absolute Gasteiger partial charge is 0.402 e. The summed E-state index contributed by atoms with van der Waals surface area (Å²) in [4.78, 5) is 5.81. The van der Waals surface area contributed by atoms with Crippen LogP contribution in [0, 0.1) is 5.92 Å². The normalized spacial score (nSPS) is 18.5. The van der Waals surface area contributed by atoms with Crippen LogP contribution < -0.4 is 0 Å². The van der Waals surface area contributed by atoms with Gasteiger partial charge in [0.15, 0.2) is 0 Å². The lowest BCUT2D eigenvalue weighted by atomic mass is 9.85. The van der Waals surface area contributed by atoms with E-state index in [1.165, 1.54) is 5.57 Å². The van der Waals surface area contributed by atoms with Gasteiger partial charge >= 0.3 is 7.12 Å². The standard InChI is InChI=1S/C10H19BFNO2/c1-4-9(5-6-13(2)3)10-7-11(15-12)14-8-10/h7,9H,4-6,8H2,1-3H3. The minimum Gasteiger partial charge on any atom is -0.402 e. The van der Waals surface area contributed by atoms with Crippen LogP contribution >= 0.6 is 0 Å². The summed E-state index contributed by atoms with van der Waals surface area (Å²) in [7, 11) is 3.33. The molecule has 0 aliphatic carbocycles. The van der Waals surface area contributed by atoms with Gasteiger partial charge in [-0.3, -0.25) is 0 Å². The van der Waals surface area contributed by atoms with Gasteiger partial charge in [0.1, 0.15) is 0 Å². The first-order valence-corrected chi connectivity index (χ1v) is 5.41. The predicted octanol–water partition coefficient (Wildman–Crippen LogP) is 1.85. The molecule has 0 aromatic heterocycles. The van der Waals surface area contributed by atoms with Gasteiger partial charge in [0.25, 0.3) is 0 Å². The third-order valence-electron chi connectivity index (χ3n) is 2.79. The van der Waals surface area contributed by atoms with Gasteiger partial charge in [-0.25, -0.2) is 4.86 Å². The summed E-state index contributed by atoms with van der Waals surface area (Å²) in [5.41, 5.74) is 1.17. The molecule has 86 valence electrons. The zero-order chi connectivity index (χ0) is 11.3. The molecule has 1 heterocycles. The van der Waals surface area contributed by atoms with Crippen molar-refractivity contribution in [1.29, 1.82) is 0 Å². The van der Waals surface area contributed by atoms with E-state index in [4.69, 9.17) is 4.65 Å². The summed E-state index contributed by atoms with van der Waals surface area (Å²) in [5.74, 6) is 2.23. The lowest BCUT2D eigenvalue weighted by Crippen LogP contribution is -2.17. The Labute approximate surface area is 91.3 Å². The second kappa shape index (κ2) is 6.25. The van der Waals surface area contributed by atoms with Gasteiger partial charge in [0.2, 0.25) is 0 Å². The predicted molar refractivity (Wildman–Crippen MR) is 58.9 cm³/mol. The van der Waals surface area contributed by atoms with Crippen LogP contribution in [0.25, 0.3) is 0 Å². The Hall–Kier alpha value is -0.385. The molecule has 0 radical (unpaired) electrons. The first kappa shape index (κ1) is 12.7. The Kier molecular flexibility index (Phi) is 5.29. The molecule has 1 atom stereocenters. The van der Waals surface area contributed by atoms with Crippen molar-refractivity contribution in [2.45, 2.75) is 19.8 Å². The average Bonchev–Trinajstić information content (AvgIpc) is 2.67. The van der Waals surface area contributed by atoms with Crippen LogP contribution in [0.15, 0.2) is 11.5 Å². The minimum atomic E-state index is -0.784. The first-order chi connectivity index (χ1) is 7.17. The second-order valence-electron chi connectivity index (χ2n) is 4.21. The molecule has 5 heteroatoms. The van der Waals surface area contributed by atoms with Gasteiger partial charge in [-0.2, -0.15) is 0 Å². The van der Waals surface area contributed by atoms with Gasteiger partial charge in [0.05, 0.1) is 6.61 Å². The Morgan fingerprint density at radius 3 is 2.87 bits per heavy atom. The summed E-state index contributed by atoms with van der Waals surface area (Å²) in [5, 5.41) is 0. The first-order valence-electron chi connectivity index (χ1n) is 5.41. The highest BCUT2D eigenvalue weighted by atomic mass is 19.3. The van der Waals surface area contributed by atoms with E-state index in [1.54, 1.807) is 5.98 Å². The van der Waals surface area contributed by atoms with Crippen molar-refractivity contribution >= 4 is 7.12 Å². The van der Waals surface area contributed by atoms with E-state index in [9.17, 15) is 4.53 Å². The van der Waals surface area contributed by atoms with Crippen molar-refractivity contribution in [2.24, 2.45) is 5.92 Å². The molecule has 0 spiro atoms. The SMILES string of the molecule is CCC(CCN(C)C)C1=CB(OF)OC1. The van der Waals surface area contributed by atoms with Gasteiger partial charge in [-0.1, -0.05) is 23.0 Å². The molecule has 0 bridgehead atoms. The number of halogens is 1. The molecule has 0 aromatic carbocycles. The summed E-state index contributed by atoms with van der Waals surface area (Å²) >= 11 is 0. The van der Waals surface area contributed by atoms with Gasteiger partial charge in [-0.05, 0) is 39.4 Å². The van der Waals surface area contributed by atoms with Crippen LogP contribution in [0.4, 0.5) is 4.53 Å². The van der Waals surface area contributed by atoms with E-state index in [0.717, 1.165) is 19.4 Å². The zero-order valence-electron chi connectivity index (χ0n) is 9.70. The highest BCUT2D eigenvalue weighted by Gasteiger charge is 2.27. The maximum Gasteiger partial charge on any atom is 0.525 e. The van der Waals surface area contributed by atoms with E-state index in [0.29, 0.717) is 12.5 Å². The summed E-state index contributed by atoms with van der Waals surface area (Å²) in [6.45, 7) is 3.68. The second-order valence-corrected chi connectivity index (χ2v) is 4.21. The zero-order valence-corrected chi connectivity index (χ0v) is 9.70. The molecule has 0 saturated heterocycles. The quantitative estimate of drug-likeness (QED) is 0.631. The molecule has 1 aliphatic heterocycles. The molecule has 1 rings (SSSR count). The van der Waals surface area contributed by atoms with Gasteiger partial charge in [-0.15, -0.1) is 0 Å². The van der Waals surface area contributed by atoms with Crippen molar-refractivity contribution in [3.8, 4) is 0 Å². The van der Waals surface area contributed by atoms with Crippen LogP contribution in [0.1, 0.15) is 19.8 Å². The van der Waals surface area contributed by atoms with Crippen molar-refractivity contribution in [2.75, 3.05) is 27.2 Å². The largest absolute Gasteiger partial charge is 0.525 e. The van der Waals surface area contributed by atoms with Crippen molar-refractivity contribution in [3.05, 3.63) is 11.5 Å². The van der Waals surface area contributed by atoms with Crippen LogP contribution in [0.2, 0.25) is 0 Å². The molecular formula is C10H19BFNO2. The summed E-state index contributed by atoms with van der Waals surface area (Å²) in [6, 6.07) is 0. The number of hydrogen-bond donors (Lipinski definition) is 0. The van der Waals surface area contributed by atoms with E-state index in [1.807, 2.05) is 0 Å². The van der Waals surface area contributed by atoms with E-state index < -0.39 is 7.12 Å². The van der Waals surface area contributed by atoms with E-state index in [2.05, 4.69) is 30.8 Å². The lowest BCUT2D eigenvalue weighted by Gasteiger charge is -2.18. The third-order valence-corrected chi connectivity index (χ3v) is 2.79. The summed E-state index contributed by atoms with van der Waals surface area (Å²) in [6.07, 6.45) is 2.14. The van der Waals surface area contributed by atoms with Gasteiger partial charge < -0.3 is 9.55 Å². The molecule has 0 N–H and O–H groups in total. The lowest BCUT2D eigenvalue weighted by molar-refractivity contribution is -0.0323. The minimum absolute atomic E-state index is 0.479. The molecule has 0 amide bonds. The van der Waals surface area contributed by atoms with Crippen LogP contribution in [-0.2, 0) is 9.51 Å². The Bertz CT molecular complexity index is 223. The van der Waals surface area contributed by atoms with Crippen LogP contribution in [0.5, 0.6) is 0 Å². The van der Waals surface area contributed by atoms with E-state index >= 15 is 0 Å². The fourth-order valence-electron chi connectivity index (χ4n) is 1.82. The van der Waals surface area contributed by atoms with Gasteiger partial charge in [0, 0.05) is 0 Å². The molecule has 0 aromatic rings. The fourth-order valence-corrected chi connectivity index (χ4v) is 1.82. The fraction of sp³-hybridized carbons (Fsp3) is 0.800. The maximum absolute atomic E-state index is 11.9. The number of rotatable bonds is 6. The number of hydrogen-bond acceptors (Lipinski definition) is 3. The molecule has 0 fully saturated rings. The highest BCUT2D eigenvalue weighted by Crippen LogP contribution is 2.24.